The van der Waals surface area contributed by atoms with Crippen LogP contribution in [-0.4, -0.2) is 33.7 Å². The van der Waals surface area contributed by atoms with Crippen LogP contribution >= 0.6 is 34.2 Å². The number of nitrogens with one attached hydrogen (secondary N) is 1. The molecular weight excluding hydrogens is 453 g/mol. The fourth-order valence-corrected chi connectivity index (χ4v) is 3.67. The molecule has 0 spiro atoms. The molecule has 9 heteroatoms. The van der Waals surface area contributed by atoms with Crippen molar-refractivity contribution in [1.29, 1.82) is 0 Å². The second-order valence-electron chi connectivity index (χ2n) is 5.77. The zero-order valence-electron chi connectivity index (χ0n) is 12.9. The topological polar surface area (TPSA) is 59.9 Å². The lowest BCUT2D eigenvalue weighted by molar-refractivity contribution is -0.169. The summed E-state index contributed by atoms with van der Waals surface area (Å²) in [4.78, 5) is 13.1. The van der Waals surface area contributed by atoms with Crippen molar-refractivity contribution in [1.82, 2.24) is 15.0 Å². The number of hydrogen-bond acceptors (Lipinski definition) is 5. The van der Waals surface area contributed by atoms with Gasteiger partial charge in [0.1, 0.15) is 5.15 Å². The first-order valence-corrected chi connectivity index (χ1v) is 9.08. The lowest BCUT2D eigenvalue weighted by Crippen LogP contribution is -2.31. The van der Waals surface area contributed by atoms with Gasteiger partial charge in [-0.2, -0.15) is 8.78 Å². The lowest BCUT2D eigenvalue weighted by atomic mass is 9.93. The van der Waals surface area contributed by atoms with E-state index in [1.807, 2.05) is 6.92 Å². The van der Waals surface area contributed by atoms with Crippen LogP contribution < -0.4 is 5.32 Å². The van der Waals surface area contributed by atoms with E-state index < -0.39 is 6.61 Å². The van der Waals surface area contributed by atoms with Crippen LogP contribution in [0.25, 0.3) is 10.9 Å². The van der Waals surface area contributed by atoms with E-state index in [9.17, 15) is 8.78 Å². The van der Waals surface area contributed by atoms with E-state index in [-0.39, 0.29) is 12.1 Å². The number of alkyl halides is 2. The molecule has 2 aromatic heterocycles. The van der Waals surface area contributed by atoms with Crippen LogP contribution in [0.1, 0.15) is 31.4 Å². The molecule has 1 fully saturated rings. The molecule has 24 heavy (non-hydrogen) atoms. The van der Waals surface area contributed by atoms with Crippen molar-refractivity contribution in [2.75, 3.05) is 5.32 Å². The van der Waals surface area contributed by atoms with Gasteiger partial charge >= 0.3 is 6.61 Å². The van der Waals surface area contributed by atoms with Crippen molar-refractivity contribution < 1.29 is 13.5 Å². The Kier molecular flexibility index (Phi) is 5.66. The molecule has 130 valence electrons. The number of aromatic nitrogens is 3. The smallest absolute Gasteiger partial charge is 0.345 e. The molecular formula is C15H16ClF2IN4O. The molecule has 2 aromatic rings. The average molecular weight is 469 g/mol. The van der Waals surface area contributed by atoms with Crippen molar-refractivity contribution in [3.8, 4) is 0 Å². The summed E-state index contributed by atoms with van der Waals surface area (Å²) in [5.74, 6) is 0.514. The van der Waals surface area contributed by atoms with Gasteiger partial charge < -0.3 is 10.1 Å². The van der Waals surface area contributed by atoms with Crippen LogP contribution in [0.5, 0.6) is 0 Å². The Balaban J connectivity index is 1.71. The van der Waals surface area contributed by atoms with Gasteiger partial charge in [0, 0.05) is 12.2 Å². The largest absolute Gasteiger partial charge is 0.351 e. The fraction of sp³-hybridized carbons (Fsp3) is 0.533. The van der Waals surface area contributed by atoms with Crippen molar-refractivity contribution in [3.05, 3.63) is 20.6 Å². The van der Waals surface area contributed by atoms with E-state index in [1.54, 1.807) is 6.20 Å². The standard InChI is InChI=1S/C15H16ClF2IN4O/c1-7-11(19)12-10(13(16)21-7)6-20-15(23-12)22-8-2-4-9(5-3-8)24-14(17)18/h6,8-9,14H,2-5H2,1H3,(H,20,22,23)/t8-,9-. The summed E-state index contributed by atoms with van der Waals surface area (Å²) in [6, 6.07) is 0.149. The number of anilines is 1. The predicted octanol–water partition coefficient (Wildman–Crippen LogP) is 4.55. The normalized spacial score (nSPS) is 21.4. The quantitative estimate of drug-likeness (QED) is 0.527. The minimum Gasteiger partial charge on any atom is -0.351 e. The third-order valence-corrected chi connectivity index (χ3v) is 5.68. The van der Waals surface area contributed by atoms with E-state index in [0.717, 1.165) is 27.6 Å². The Hall–Kier alpha value is -0.870. The SMILES string of the molecule is Cc1nc(Cl)c2cnc(N[C@H]3CC[C@H](OC(F)F)CC3)nc2c1I. The van der Waals surface area contributed by atoms with Gasteiger partial charge in [-0.25, -0.2) is 15.0 Å². The maximum atomic E-state index is 12.2. The van der Waals surface area contributed by atoms with Gasteiger partial charge in [-0.3, -0.25) is 0 Å². The highest BCUT2D eigenvalue weighted by Crippen LogP contribution is 2.28. The second-order valence-corrected chi connectivity index (χ2v) is 7.21. The molecule has 3 rings (SSSR count). The zero-order chi connectivity index (χ0) is 17.3. The molecule has 1 aliphatic carbocycles. The highest BCUT2D eigenvalue weighted by atomic mass is 127. The van der Waals surface area contributed by atoms with Crippen molar-refractivity contribution >= 4 is 51.0 Å². The first kappa shape index (κ1) is 17.9. The summed E-state index contributed by atoms with van der Waals surface area (Å²) < 4.78 is 30.0. The number of halogens is 4. The van der Waals surface area contributed by atoms with Crippen LogP contribution in [-0.2, 0) is 4.74 Å². The fourth-order valence-electron chi connectivity index (χ4n) is 2.87. The maximum absolute atomic E-state index is 12.2. The van der Waals surface area contributed by atoms with Crippen molar-refractivity contribution in [2.24, 2.45) is 0 Å². The summed E-state index contributed by atoms with van der Waals surface area (Å²) in [7, 11) is 0. The first-order valence-electron chi connectivity index (χ1n) is 7.62. The van der Waals surface area contributed by atoms with Crippen LogP contribution in [0.2, 0.25) is 5.15 Å². The zero-order valence-corrected chi connectivity index (χ0v) is 15.8. The van der Waals surface area contributed by atoms with Crippen molar-refractivity contribution in [2.45, 2.75) is 51.4 Å². The molecule has 0 unspecified atom stereocenters. The summed E-state index contributed by atoms with van der Waals surface area (Å²) in [6.45, 7) is -0.820. The third kappa shape index (κ3) is 4.02. The van der Waals surface area contributed by atoms with Crippen LogP contribution in [0.3, 0.4) is 0 Å². The Morgan fingerprint density at radius 1 is 1.29 bits per heavy atom. The minimum atomic E-state index is -2.70. The molecule has 0 bridgehead atoms. The summed E-state index contributed by atoms with van der Waals surface area (Å²) in [5, 5.41) is 4.38. The Bertz CT molecular complexity index is 741. The monoisotopic (exact) mass is 468 g/mol. The van der Waals surface area contributed by atoms with E-state index in [4.69, 9.17) is 11.6 Å². The van der Waals surface area contributed by atoms with Crippen molar-refractivity contribution in [3.63, 3.8) is 0 Å². The van der Waals surface area contributed by atoms with E-state index >= 15 is 0 Å². The van der Waals surface area contributed by atoms with Gasteiger partial charge in [-0.15, -0.1) is 0 Å². The Labute approximate surface area is 156 Å². The van der Waals surface area contributed by atoms with Crippen LogP contribution in [0.15, 0.2) is 6.20 Å². The summed E-state index contributed by atoms with van der Waals surface area (Å²) >= 11 is 8.34. The number of nitrogens with zero attached hydrogens (tertiary/aromatic N) is 3. The molecule has 0 amide bonds. The molecule has 0 aliphatic heterocycles. The number of hydrogen-bond donors (Lipinski definition) is 1. The number of pyridine rings is 1. The average Bonchev–Trinajstić information content (AvgIpc) is 2.54. The first-order chi connectivity index (χ1) is 11.4. The molecule has 1 N–H and O–H groups in total. The number of fused-ring (bicyclic) bond motifs is 1. The number of aryl methyl sites for hydroxylation is 1. The van der Waals surface area contributed by atoms with Gasteiger partial charge in [0.05, 0.1) is 26.3 Å². The lowest BCUT2D eigenvalue weighted by Gasteiger charge is -2.28. The number of rotatable bonds is 4. The van der Waals surface area contributed by atoms with Gasteiger partial charge in [-0.05, 0) is 55.2 Å². The van der Waals surface area contributed by atoms with E-state index in [2.05, 4.69) is 47.6 Å². The molecule has 5 nitrogen and oxygen atoms in total. The van der Waals surface area contributed by atoms with Crippen LogP contribution in [0, 0.1) is 10.5 Å². The third-order valence-electron chi connectivity index (χ3n) is 4.11. The van der Waals surface area contributed by atoms with Gasteiger partial charge in [-0.1, -0.05) is 11.6 Å². The second kappa shape index (κ2) is 7.57. The van der Waals surface area contributed by atoms with E-state index in [1.165, 1.54) is 0 Å². The minimum absolute atomic E-state index is 0.149. The molecule has 1 saturated carbocycles. The summed E-state index contributed by atoms with van der Waals surface area (Å²) in [5.41, 5.74) is 1.59. The molecule has 0 radical (unpaired) electrons. The molecule has 1 aliphatic rings. The highest BCUT2D eigenvalue weighted by Gasteiger charge is 2.24. The maximum Gasteiger partial charge on any atom is 0.345 e. The predicted molar refractivity (Wildman–Crippen MR) is 96.6 cm³/mol. The molecule has 0 atom stereocenters. The highest BCUT2D eigenvalue weighted by molar-refractivity contribution is 14.1. The van der Waals surface area contributed by atoms with Gasteiger partial charge in [0.2, 0.25) is 5.95 Å². The Morgan fingerprint density at radius 3 is 2.67 bits per heavy atom. The Morgan fingerprint density at radius 2 is 2.00 bits per heavy atom. The van der Waals surface area contributed by atoms with Crippen LogP contribution in [0.4, 0.5) is 14.7 Å². The molecule has 2 heterocycles. The number of ether oxygens (including phenoxy) is 1. The van der Waals surface area contributed by atoms with E-state index in [0.29, 0.717) is 29.3 Å². The molecule has 0 saturated heterocycles. The van der Waals surface area contributed by atoms with Gasteiger partial charge in [0.15, 0.2) is 0 Å². The van der Waals surface area contributed by atoms with Gasteiger partial charge in [0.25, 0.3) is 0 Å². The molecule has 0 aromatic carbocycles. The summed E-state index contributed by atoms with van der Waals surface area (Å²) in [6.07, 6.45) is 3.98.